The van der Waals surface area contributed by atoms with Crippen LogP contribution < -0.4 is 0 Å². The van der Waals surface area contributed by atoms with Crippen LogP contribution in [0.1, 0.15) is 24.6 Å². The molecule has 0 saturated heterocycles. The Hall–Kier alpha value is -3.09. The van der Waals surface area contributed by atoms with E-state index in [0.29, 0.717) is 5.92 Å². The van der Waals surface area contributed by atoms with Gasteiger partial charge in [0.2, 0.25) is 0 Å². The van der Waals surface area contributed by atoms with Crippen LogP contribution in [0.4, 0.5) is 0 Å². The quantitative estimate of drug-likeness (QED) is 0.351. The fourth-order valence-electron chi connectivity index (χ4n) is 4.90. The van der Waals surface area contributed by atoms with Crippen molar-refractivity contribution in [1.82, 2.24) is 24.3 Å². The van der Waals surface area contributed by atoms with Gasteiger partial charge in [-0.15, -0.1) is 11.3 Å². The van der Waals surface area contributed by atoms with Crippen LogP contribution in [0.5, 0.6) is 0 Å². The molecule has 1 aliphatic rings. The first-order valence-electron chi connectivity index (χ1n) is 11.1. The second-order valence-electron chi connectivity index (χ2n) is 9.03. The number of hydrogen-bond acceptors (Lipinski definition) is 5. The Morgan fingerprint density at radius 3 is 2.78 bits per heavy atom. The van der Waals surface area contributed by atoms with Crippen LogP contribution in [0.3, 0.4) is 0 Å². The maximum atomic E-state index is 5.16. The number of fused-ring (bicyclic) bond motifs is 2. The Morgan fingerprint density at radius 1 is 1.09 bits per heavy atom. The van der Waals surface area contributed by atoms with Crippen molar-refractivity contribution in [2.75, 3.05) is 20.6 Å². The number of imidazole rings is 1. The molecule has 0 atom stereocenters. The van der Waals surface area contributed by atoms with E-state index >= 15 is 0 Å². The molecule has 0 spiro atoms. The van der Waals surface area contributed by atoms with Crippen LogP contribution in [0.15, 0.2) is 66.4 Å². The third-order valence-corrected chi connectivity index (χ3v) is 7.33. The SMILES string of the molecule is CN(C)CC1CC(c2nc(-c3ccc4ccc(-c5cccs5)nc4c3)c3cnccn23)C1. The third-order valence-electron chi connectivity index (χ3n) is 6.44. The van der Waals surface area contributed by atoms with Crippen LogP contribution in [0.2, 0.25) is 0 Å². The van der Waals surface area contributed by atoms with E-state index in [0.717, 1.165) is 51.7 Å². The molecule has 160 valence electrons. The predicted molar refractivity (Wildman–Crippen MR) is 131 cm³/mol. The zero-order chi connectivity index (χ0) is 21.7. The Labute approximate surface area is 191 Å². The molecule has 32 heavy (non-hydrogen) atoms. The van der Waals surface area contributed by atoms with Crippen molar-refractivity contribution in [3.63, 3.8) is 0 Å². The summed E-state index contributed by atoms with van der Waals surface area (Å²) in [5.74, 6) is 2.42. The van der Waals surface area contributed by atoms with Gasteiger partial charge in [-0.3, -0.25) is 9.38 Å². The predicted octanol–water partition coefficient (Wildman–Crippen LogP) is 5.73. The van der Waals surface area contributed by atoms with Gasteiger partial charge in [0.05, 0.1) is 33.5 Å². The number of aromatic nitrogens is 4. The molecule has 0 radical (unpaired) electrons. The van der Waals surface area contributed by atoms with Crippen molar-refractivity contribution in [3.05, 3.63) is 72.3 Å². The normalized spacial score (nSPS) is 18.5. The lowest BCUT2D eigenvalue weighted by Crippen LogP contribution is -2.32. The molecule has 0 N–H and O–H groups in total. The zero-order valence-electron chi connectivity index (χ0n) is 18.3. The lowest BCUT2D eigenvalue weighted by Gasteiger charge is -2.36. The molecule has 1 fully saturated rings. The maximum absolute atomic E-state index is 5.16. The molecule has 6 heteroatoms. The summed E-state index contributed by atoms with van der Waals surface area (Å²) in [6, 6.07) is 14.9. The van der Waals surface area contributed by atoms with Gasteiger partial charge < -0.3 is 4.90 Å². The Balaban J connectivity index is 1.40. The van der Waals surface area contributed by atoms with Crippen LogP contribution in [0.25, 0.3) is 38.2 Å². The van der Waals surface area contributed by atoms with Crippen molar-refractivity contribution in [1.29, 1.82) is 0 Å². The first kappa shape index (κ1) is 19.6. The van der Waals surface area contributed by atoms with Crippen molar-refractivity contribution in [2.24, 2.45) is 5.92 Å². The molecular weight excluding hydrogens is 414 g/mol. The summed E-state index contributed by atoms with van der Waals surface area (Å²) in [5.41, 5.74) is 5.16. The Morgan fingerprint density at radius 2 is 1.97 bits per heavy atom. The molecule has 0 bridgehead atoms. The van der Waals surface area contributed by atoms with Gasteiger partial charge in [-0.05, 0) is 56.4 Å². The van der Waals surface area contributed by atoms with Crippen molar-refractivity contribution < 1.29 is 0 Å². The van der Waals surface area contributed by atoms with Crippen LogP contribution in [-0.4, -0.2) is 44.9 Å². The average Bonchev–Trinajstić information content (AvgIpc) is 3.44. The van der Waals surface area contributed by atoms with E-state index in [2.05, 4.69) is 82.4 Å². The van der Waals surface area contributed by atoms with Crippen molar-refractivity contribution in [2.45, 2.75) is 18.8 Å². The molecule has 4 aromatic heterocycles. The Bertz CT molecular complexity index is 1400. The molecule has 1 aromatic carbocycles. The lowest BCUT2D eigenvalue weighted by molar-refractivity contribution is 0.194. The van der Waals surface area contributed by atoms with Gasteiger partial charge in [0.1, 0.15) is 5.82 Å². The van der Waals surface area contributed by atoms with Gasteiger partial charge in [0.15, 0.2) is 0 Å². The van der Waals surface area contributed by atoms with Gasteiger partial charge >= 0.3 is 0 Å². The van der Waals surface area contributed by atoms with E-state index in [1.807, 2.05) is 12.4 Å². The number of thiophene rings is 1. The number of pyridine rings is 1. The van der Waals surface area contributed by atoms with E-state index in [1.54, 1.807) is 11.3 Å². The molecule has 6 rings (SSSR count). The minimum absolute atomic E-state index is 0.507. The summed E-state index contributed by atoms with van der Waals surface area (Å²) in [5, 5.41) is 3.23. The number of rotatable bonds is 5. The molecular formula is C26H25N5S. The molecule has 0 amide bonds. The second kappa shape index (κ2) is 7.80. The molecule has 5 nitrogen and oxygen atoms in total. The highest BCUT2D eigenvalue weighted by Gasteiger charge is 2.34. The van der Waals surface area contributed by atoms with Gasteiger partial charge in [-0.25, -0.2) is 9.97 Å². The lowest BCUT2D eigenvalue weighted by atomic mass is 9.74. The largest absolute Gasteiger partial charge is 0.309 e. The molecule has 1 saturated carbocycles. The summed E-state index contributed by atoms with van der Waals surface area (Å²) in [6.45, 7) is 1.15. The molecule has 1 aliphatic carbocycles. The topological polar surface area (TPSA) is 46.3 Å². The van der Waals surface area contributed by atoms with Gasteiger partial charge in [0.25, 0.3) is 0 Å². The van der Waals surface area contributed by atoms with Crippen molar-refractivity contribution in [3.8, 4) is 21.8 Å². The Kier molecular flexibility index (Phi) is 4.77. The van der Waals surface area contributed by atoms with E-state index in [4.69, 9.17) is 9.97 Å². The first-order chi connectivity index (χ1) is 15.7. The fraction of sp³-hybridized carbons (Fsp3) is 0.269. The number of benzene rings is 1. The average molecular weight is 440 g/mol. The second-order valence-corrected chi connectivity index (χ2v) is 9.98. The fourth-order valence-corrected chi connectivity index (χ4v) is 5.60. The van der Waals surface area contributed by atoms with Crippen LogP contribution >= 0.6 is 11.3 Å². The van der Waals surface area contributed by atoms with Gasteiger partial charge in [0, 0.05) is 35.8 Å². The van der Waals surface area contributed by atoms with Crippen LogP contribution in [0, 0.1) is 5.92 Å². The minimum Gasteiger partial charge on any atom is -0.309 e. The summed E-state index contributed by atoms with van der Waals surface area (Å²) in [4.78, 5) is 18.0. The molecule has 0 unspecified atom stereocenters. The van der Waals surface area contributed by atoms with E-state index in [9.17, 15) is 0 Å². The van der Waals surface area contributed by atoms with Crippen molar-refractivity contribution >= 4 is 27.8 Å². The monoisotopic (exact) mass is 439 g/mol. The number of nitrogens with zero attached hydrogens (tertiary/aromatic N) is 5. The number of hydrogen-bond donors (Lipinski definition) is 0. The van der Waals surface area contributed by atoms with E-state index in [1.165, 1.54) is 17.7 Å². The summed E-state index contributed by atoms with van der Waals surface area (Å²) in [7, 11) is 4.30. The summed E-state index contributed by atoms with van der Waals surface area (Å²) < 4.78 is 2.23. The van der Waals surface area contributed by atoms with Gasteiger partial charge in [-0.2, -0.15) is 0 Å². The maximum Gasteiger partial charge on any atom is 0.117 e. The highest BCUT2D eigenvalue weighted by Crippen LogP contribution is 2.42. The highest BCUT2D eigenvalue weighted by molar-refractivity contribution is 7.13. The smallest absolute Gasteiger partial charge is 0.117 e. The standard InChI is InChI=1S/C26H25N5S/c1-30(2)16-17-12-20(13-17)26-29-25(23-15-27-9-10-31(23)26)19-6-5-18-7-8-21(28-22(18)14-19)24-4-3-11-32-24/h3-11,14-15,17,20H,12-13,16H2,1-2H3. The van der Waals surface area contributed by atoms with E-state index in [-0.39, 0.29) is 0 Å². The molecule has 5 aromatic rings. The van der Waals surface area contributed by atoms with Crippen LogP contribution in [-0.2, 0) is 0 Å². The first-order valence-corrected chi connectivity index (χ1v) is 12.0. The minimum atomic E-state index is 0.507. The molecule has 0 aliphatic heterocycles. The van der Waals surface area contributed by atoms with E-state index < -0.39 is 0 Å². The summed E-state index contributed by atoms with van der Waals surface area (Å²) >= 11 is 1.72. The summed E-state index contributed by atoms with van der Waals surface area (Å²) in [6.07, 6.45) is 8.23. The zero-order valence-corrected chi connectivity index (χ0v) is 19.1. The molecule has 4 heterocycles. The highest BCUT2D eigenvalue weighted by atomic mass is 32.1. The van der Waals surface area contributed by atoms with Gasteiger partial charge in [-0.1, -0.05) is 24.3 Å². The third kappa shape index (κ3) is 3.40.